The molecule has 0 aliphatic heterocycles. The zero-order valence-corrected chi connectivity index (χ0v) is 23.2. The number of aryl methyl sites for hydroxylation is 1. The minimum Gasteiger partial charge on any atom is -0.437 e. The Labute approximate surface area is 227 Å². The van der Waals surface area contributed by atoms with Gasteiger partial charge in [-0.3, -0.25) is 4.68 Å². The van der Waals surface area contributed by atoms with Crippen molar-refractivity contribution in [1.29, 1.82) is 0 Å². The van der Waals surface area contributed by atoms with Gasteiger partial charge in [0.1, 0.15) is 17.9 Å². The zero-order chi connectivity index (χ0) is 28.1. The van der Waals surface area contributed by atoms with Crippen molar-refractivity contribution in [1.82, 2.24) is 34.9 Å². The van der Waals surface area contributed by atoms with E-state index in [2.05, 4.69) is 56.4 Å². The third kappa shape index (κ3) is 6.72. The van der Waals surface area contributed by atoms with Crippen molar-refractivity contribution >= 4 is 16.7 Å². The van der Waals surface area contributed by atoms with E-state index in [0.717, 1.165) is 40.9 Å². The minimum absolute atomic E-state index is 0.123. The van der Waals surface area contributed by atoms with E-state index in [0.29, 0.717) is 23.3 Å². The molecular weight excluding hydrogens is 502 g/mol. The first kappa shape index (κ1) is 28.0. The van der Waals surface area contributed by atoms with Gasteiger partial charge < -0.3 is 25.2 Å². The number of hydrogen-bond donors (Lipinski definition) is 2. The lowest BCUT2D eigenvalue weighted by Crippen LogP contribution is -2.35. The summed E-state index contributed by atoms with van der Waals surface area (Å²) in [6, 6.07) is 8.17. The quantitative estimate of drug-likeness (QED) is 0.368. The third-order valence-corrected chi connectivity index (χ3v) is 6.90. The monoisotopic (exact) mass is 538 g/mol. The number of nitrogens with one attached hydrogen (secondary N) is 2. The third-order valence-electron chi connectivity index (χ3n) is 6.90. The molecule has 2 N–H and O–H groups in total. The lowest BCUT2D eigenvalue weighted by atomic mass is 10.1. The van der Waals surface area contributed by atoms with Gasteiger partial charge in [-0.25, -0.2) is 9.97 Å². The number of halogens is 2. The van der Waals surface area contributed by atoms with Crippen molar-refractivity contribution in [3.63, 3.8) is 0 Å². The van der Waals surface area contributed by atoms with Gasteiger partial charge in [0.05, 0.1) is 34.5 Å². The number of nitrogens with zero attached hydrogens (tertiary/aromatic N) is 6. The fourth-order valence-corrected chi connectivity index (χ4v) is 4.33. The maximum atomic E-state index is 13.4. The second kappa shape index (κ2) is 12.2. The molecule has 0 atom stereocenters. The average molecular weight is 539 g/mol. The van der Waals surface area contributed by atoms with Crippen molar-refractivity contribution in [2.45, 2.75) is 32.9 Å². The first-order valence-electron chi connectivity index (χ1n) is 12.9. The van der Waals surface area contributed by atoms with Crippen LogP contribution in [0.3, 0.4) is 0 Å². The first-order chi connectivity index (χ1) is 18.7. The average Bonchev–Trinajstić information content (AvgIpc) is 3.20. The molecule has 2 heterocycles. The lowest BCUT2D eigenvalue weighted by Gasteiger charge is -2.28. The number of likely N-dealkylation sites (N-methyl/N-ethyl adjacent to an activating group) is 3. The molecule has 1 aromatic carbocycles. The van der Waals surface area contributed by atoms with Crippen LogP contribution in [0.15, 0.2) is 71.8 Å². The SMILES string of the molecule is CNC1=CC(Nc2cc(-c3ccc4c(cnn4C)c3)ncn2)=C(OC(F)F)CC=C1N(C)CCN(C)C(C)C. The summed E-state index contributed by atoms with van der Waals surface area (Å²) >= 11 is 0. The summed E-state index contributed by atoms with van der Waals surface area (Å²) in [6.45, 7) is 2.97. The highest BCUT2D eigenvalue weighted by Crippen LogP contribution is 2.28. The van der Waals surface area contributed by atoms with Gasteiger partial charge in [0, 0.05) is 63.7 Å². The number of ether oxygens (including phenoxy) is 1. The summed E-state index contributed by atoms with van der Waals surface area (Å²) in [5, 5.41) is 11.7. The van der Waals surface area contributed by atoms with Crippen LogP contribution in [0.25, 0.3) is 22.2 Å². The number of rotatable bonds is 11. The number of anilines is 1. The van der Waals surface area contributed by atoms with Crippen molar-refractivity contribution < 1.29 is 13.5 Å². The molecular formula is C28H36F2N8O. The molecule has 39 heavy (non-hydrogen) atoms. The predicted molar refractivity (Wildman–Crippen MR) is 150 cm³/mol. The molecule has 0 amide bonds. The summed E-state index contributed by atoms with van der Waals surface area (Å²) in [5.41, 5.74) is 4.66. The Bertz CT molecular complexity index is 1400. The molecule has 208 valence electrons. The van der Waals surface area contributed by atoms with Crippen LogP contribution in [-0.2, 0) is 11.8 Å². The minimum atomic E-state index is -2.96. The summed E-state index contributed by atoms with van der Waals surface area (Å²) in [5.74, 6) is 0.580. The molecule has 0 radical (unpaired) electrons. The van der Waals surface area contributed by atoms with Crippen molar-refractivity contribution in [2.75, 3.05) is 39.5 Å². The molecule has 1 aliphatic carbocycles. The molecule has 0 bridgehead atoms. The van der Waals surface area contributed by atoms with Crippen molar-refractivity contribution in [3.05, 3.63) is 71.8 Å². The van der Waals surface area contributed by atoms with Crippen LogP contribution in [-0.4, -0.2) is 76.4 Å². The highest BCUT2D eigenvalue weighted by molar-refractivity contribution is 5.84. The van der Waals surface area contributed by atoms with E-state index in [9.17, 15) is 8.78 Å². The maximum absolute atomic E-state index is 13.4. The van der Waals surface area contributed by atoms with Gasteiger partial charge in [-0.15, -0.1) is 0 Å². The van der Waals surface area contributed by atoms with Crippen LogP contribution in [0.4, 0.5) is 14.6 Å². The molecule has 1 aliphatic rings. The van der Waals surface area contributed by atoms with E-state index in [1.165, 1.54) is 6.33 Å². The molecule has 2 aromatic heterocycles. The van der Waals surface area contributed by atoms with Crippen LogP contribution in [0.5, 0.6) is 0 Å². The standard InChI is InChI=1S/C28H36F2N8O/c1-18(2)36(4)11-12-37(5)25-9-10-26(39-28(29)30)23(14-22(25)31-3)35-27-15-21(32-17-33-27)19-7-8-24-20(13-19)16-34-38(24)6/h7-9,13-18,28,31H,10-12H2,1-6H3,(H,32,33,35). The molecule has 0 saturated heterocycles. The Balaban J connectivity index is 1.61. The van der Waals surface area contributed by atoms with E-state index in [1.54, 1.807) is 18.3 Å². The largest absolute Gasteiger partial charge is 0.437 e. The van der Waals surface area contributed by atoms with Gasteiger partial charge in [-0.1, -0.05) is 12.1 Å². The first-order valence-corrected chi connectivity index (χ1v) is 12.9. The number of hydrogen-bond acceptors (Lipinski definition) is 8. The molecule has 0 unspecified atom stereocenters. The second-order valence-electron chi connectivity index (χ2n) is 9.77. The van der Waals surface area contributed by atoms with Gasteiger partial charge in [-0.05, 0) is 39.1 Å². The molecule has 0 spiro atoms. The van der Waals surface area contributed by atoms with E-state index in [1.807, 2.05) is 50.1 Å². The van der Waals surface area contributed by atoms with Crippen LogP contribution < -0.4 is 10.6 Å². The number of aromatic nitrogens is 4. The molecule has 0 saturated carbocycles. The van der Waals surface area contributed by atoms with Crippen LogP contribution >= 0.6 is 0 Å². The van der Waals surface area contributed by atoms with Crippen molar-refractivity contribution in [2.24, 2.45) is 7.05 Å². The number of benzene rings is 1. The highest BCUT2D eigenvalue weighted by atomic mass is 19.3. The van der Waals surface area contributed by atoms with Crippen molar-refractivity contribution in [3.8, 4) is 11.3 Å². The Kier molecular flexibility index (Phi) is 8.80. The molecule has 11 heteroatoms. The molecule has 4 rings (SSSR count). The fraction of sp³-hybridized carbons (Fsp3) is 0.393. The molecule has 9 nitrogen and oxygen atoms in total. The van der Waals surface area contributed by atoms with E-state index < -0.39 is 6.61 Å². The summed E-state index contributed by atoms with van der Waals surface area (Å²) in [4.78, 5) is 13.1. The number of fused-ring (bicyclic) bond motifs is 1. The van der Waals surface area contributed by atoms with Crippen LogP contribution in [0.1, 0.15) is 20.3 Å². The number of alkyl halides is 2. The van der Waals surface area contributed by atoms with E-state index in [4.69, 9.17) is 4.74 Å². The smallest absolute Gasteiger partial charge is 0.387 e. The second-order valence-corrected chi connectivity index (χ2v) is 9.77. The topological polar surface area (TPSA) is 83.4 Å². The van der Waals surface area contributed by atoms with Crippen LogP contribution in [0.2, 0.25) is 0 Å². The predicted octanol–water partition coefficient (Wildman–Crippen LogP) is 4.56. The lowest BCUT2D eigenvalue weighted by molar-refractivity contribution is -0.0978. The zero-order valence-electron chi connectivity index (χ0n) is 23.2. The van der Waals surface area contributed by atoms with Crippen LogP contribution in [0, 0.1) is 0 Å². The van der Waals surface area contributed by atoms with Gasteiger partial charge in [0.25, 0.3) is 0 Å². The Morgan fingerprint density at radius 2 is 1.92 bits per heavy atom. The van der Waals surface area contributed by atoms with Gasteiger partial charge >= 0.3 is 6.61 Å². The van der Waals surface area contributed by atoms with Gasteiger partial charge in [-0.2, -0.15) is 13.9 Å². The molecule has 0 fully saturated rings. The Hall–Kier alpha value is -3.99. The van der Waals surface area contributed by atoms with Gasteiger partial charge in [0.15, 0.2) is 0 Å². The summed E-state index contributed by atoms with van der Waals surface area (Å²) in [7, 11) is 7.77. The Morgan fingerprint density at radius 3 is 2.64 bits per heavy atom. The normalized spacial score (nSPS) is 14.1. The number of allylic oxidation sites excluding steroid dienone is 2. The summed E-state index contributed by atoms with van der Waals surface area (Å²) in [6.07, 6.45) is 7.11. The Morgan fingerprint density at radius 1 is 1.13 bits per heavy atom. The maximum Gasteiger partial charge on any atom is 0.387 e. The van der Waals surface area contributed by atoms with Gasteiger partial charge in [0.2, 0.25) is 0 Å². The van der Waals surface area contributed by atoms with E-state index in [-0.39, 0.29) is 12.2 Å². The fourth-order valence-electron chi connectivity index (χ4n) is 4.33. The highest BCUT2D eigenvalue weighted by Gasteiger charge is 2.20. The van der Waals surface area contributed by atoms with E-state index >= 15 is 0 Å². The molecule has 3 aromatic rings. The summed E-state index contributed by atoms with van der Waals surface area (Å²) < 4.78 is 33.6.